The number of benzene rings is 1. The van der Waals surface area contributed by atoms with Gasteiger partial charge in [-0.05, 0) is 44.0 Å². The largest absolute Gasteiger partial charge is 0.481 e. The van der Waals surface area contributed by atoms with Crippen LogP contribution in [0.2, 0.25) is 0 Å². The van der Waals surface area contributed by atoms with Gasteiger partial charge in [0.15, 0.2) is 0 Å². The quantitative estimate of drug-likeness (QED) is 0.889. The van der Waals surface area contributed by atoms with Crippen molar-refractivity contribution in [2.24, 2.45) is 0 Å². The Morgan fingerprint density at radius 2 is 1.94 bits per heavy atom. The van der Waals surface area contributed by atoms with Gasteiger partial charge in [0.05, 0.1) is 5.92 Å². The molecule has 1 atom stereocenters. The van der Waals surface area contributed by atoms with Crippen LogP contribution in [-0.2, 0) is 11.3 Å². The second-order valence-electron chi connectivity index (χ2n) is 5.10. The number of rotatable bonds is 4. The summed E-state index contributed by atoms with van der Waals surface area (Å²) in [6.07, 6.45) is 3.84. The van der Waals surface area contributed by atoms with Gasteiger partial charge in [-0.25, -0.2) is 0 Å². The summed E-state index contributed by atoms with van der Waals surface area (Å²) in [5.74, 6) is -1.17. The Balaban J connectivity index is 2.13. The predicted octanol–water partition coefficient (Wildman–Crippen LogP) is 2.86. The molecule has 0 spiro atoms. The van der Waals surface area contributed by atoms with Gasteiger partial charge in [0.2, 0.25) is 0 Å². The smallest absolute Gasteiger partial charge is 0.310 e. The molecule has 1 aromatic carbocycles. The summed E-state index contributed by atoms with van der Waals surface area (Å²) in [7, 11) is 0. The molecule has 18 heavy (non-hydrogen) atoms. The average Bonchev–Trinajstić information content (AvgIpc) is 2.39. The molecule has 1 N–H and O–H groups in total. The lowest BCUT2D eigenvalue weighted by Gasteiger charge is -2.27. The molecular formula is C15H21NO2. The van der Waals surface area contributed by atoms with Crippen LogP contribution < -0.4 is 0 Å². The first-order valence-corrected chi connectivity index (χ1v) is 6.71. The molecule has 1 fully saturated rings. The van der Waals surface area contributed by atoms with Gasteiger partial charge >= 0.3 is 5.97 Å². The molecule has 0 radical (unpaired) electrons. The number of aliphatic carboxylic acids is 1. The maximum Gasteiger partial charge on any atom is 0.310 e. The van der Waals surface area contributed by atoms with E-state index in [2.05, 4.69) is 11.0 Å². The number of hydrogen-bond acceptors (Lipinski definition) is 2. The first-order valence-electron chi connectivity index (χ1n) is 6.71. The molecule has 0 aromatic heterocycles. The summed E-state index contributed by atoms with van der Waals surface area (Å²) in [5, 5.41) is 9.15. The van der Waals surface area contributed by atoms with Crippen molar-refractivity contribution < 1.29 is 9.90 Å². The molecule has 1 aliphatic heterocycles. The van der Waals surface area contributed by atoms with Crippen molar-refractivity contribution in [1.29, 1.82) is 0 Å². The molecule has 1 aliphatic rings. The van der Waals surface area contributed by atoms with E-state index >= 15 is 0 Å². The molecule has 98 valence electrons. The van der Waals surface area contributed by atoms with Crippen LogP contribution in [0.25, 0.3) is 0 Å². The standard InChI is InChI=1S/C15H21NO2/c1-12(15(17)18)14-8-4-3-7-13(14)11-16-9-5-2-6-10-16/h3-4,7-8,12H,2,5-6,9-11H2,1H3,(H,17,18). The van der Waals surface area contributed by atoms with Gasteiger partial charge in [-0.15, -0.1) is 0 Å². The maximum atomic E-state index is 11.1. The SMILES string of the molecule is CC(C(=O)O)c1ccccc1CN1CCCCC1. The number of likely N-dealkylation sites (tertiary alicyclic amines) is 1. The van der Waals surface area contributed by atoms with Crippen LogP contribution in [0.1, 0.15) is 43.2 Å². The maximum absolute atomic E-state index is 11.1. The van der Waals surface area contributed by atoms with Crippen molar-refractivity contribution >= 4 is 5.97 Å². The lowest BCUT2D eigenvalue weighted by Crippen LogP contribution is -2.29. The zero-order valence-electron chi connectivity index (χ0n) is 10.9. The highest BCUT2D eigenvalue weighted by atomic mass is 16.4. The number of carbonyl (C=O) groups is 1. The summed E-state index contributed by atoms with van der Waals surface area (Å²) in [4.78, 5) is 13.6. The van der Waals surface area contributed by atoms with E-state index in [1.54, 1.807) is 6.92 Å². The van der Waals surface area contributed by atoms with Crippen LogP contribution in [-0.4, -0.2) is 29.1 Å². The lowest BCUT2D eigenvalue weighted by atomic mass is 9.95. The third kappa shape index (κ3) is 3.10. The fraction of sp³-hybridized carbons (Fsp3) is 0.533. The Morgan fingerprint density at radius 3 is 2.61 bits per heavy atom. The number of hydrogen-bond donors (Lipinski definition) is 1. The van der Waals surface area contributed by atoms with Crippen molar-refractivity contribution in [3.8, 4) is 0 Å². The average molecular weight is 247 g/mol. The fourth-order valence-corrected chi connectivity index (χ4v) is 2.59. The summed E-state index contributed by atoms with van der Waals surface area (Å²) in [5.41, 5.74) is 2.12. The Bertz CT molecular complexity index is 411. The molecule has 0 saturated carbocycles. The van der Waals surface area contributed by atoms with Crippen LogP contribution in [0, 0.1) is 0 Å². The highest BCUT2D eigenvalue weighted by Gasteiger charge is 2.19. The Labute approximate surface area is 108 Å². The molecule has 3 nitrogen and oxygen atoms in total. The van der Waals surface area contributed by atoms with Gasteiger partial charge in [-0.2, -0.15) is 0 Å². The van der Waals surface area contributed by atoms with Gasteiger partial charge < -0.3 is 5.11 Å². The van der Waals surface area contributed by atoms with E-state index in [1.807, 2.05) is 18.2 Å². The number of carboxylic acid groups (broad SMARTS) is 1. The second kappa shape index (κ2) is 6.01. The van der Waals surface area contributed by atoms with Crippen molar-refractivity contribution in [1.82, 2.24) is 4.90 Å². The minimum atomic E-state index is -0.749. The highest BCUT2D eigenvalue weighted by molar-refractivity contribution is 5.76. The van der Waals surface area contributed by atoms with Gasteiger partial charge in [-0.1, -0.05) is 30.7 Å². The summed E-state index contributed by atoms with van der Waals surface area (Å²) in [6.45, 7) is 4.91. The molecule has 2 rings (SSSR count). The first kappa shape index (κ1) is 13.1. The third-order valence-electron chi connectivity index (χ3n) is 3.73. The fourth-order valence-electron chi connectivity index (χ4n) is 2.59. The van der Waals surface area contributed by atoms with E-state index in [1.165, 1.54) is 19.3 Å². The monoisotopic (exact) mass is 247 g/mol. The van der Waals surface area contributed by atoms with Crippen molar-refractivity contribution in [3.63, 3.8) is 0 Å². The van der Waals surface area contributed by atoms with Crippen molar-refractivity contribution in [3.05, 3.63) is 35.4 Å². The first-order chi connectivity index (χ1) is 8.68. The van der Waals surface area contributed by atoms with Crippen LogP contribution >= 0.6 is 0 Å². The number of nitrogens with zero attached hydrogens (tertiary/aromatic N) is 1. The van der Waals surface area contributed by atoms with E-state index < -0.39 is 11.9 Å². The zero-order chi connectivity index (χ0) is 13.0. The second-order valence-corrected chi connectivity index (χ2v) is 5.10. The van der Waals surface area contributed by atoms with E-state index in [4.69, 9.17) is 5.11 Å². The van der Waals surface area contributed by atoms with Crippen molar-refractivity contribution in [2.75, 3.05) is 13.1 Å². The lowest BCUT2D eigenvalue weighted by molar-refractivity contribution is -0.138. The summed E-state index contributed by atoms with van der Waals surface area (Å²) >= 11 is 0. The molecule has 0 amide bonds. The van der Waals surface area contributed by atoms with Crippen LogP contribution in [0.3, 0.4) is 0 Å². The molecule has 0 aliphatic carbocycles. The van der Waals surface area contributed by atoms with Crippen LogP contribution in [0.4, 0.5) is 0 Å². The van der Waals surface area contributed by atoms with E-state index in [9.17, 15) is 4.79 Å². The van der Waals surface area contributed by atoms with Gasteiger partial charge in [0.25, 0.3) is 0 Å². The summed E-state index contributed by atoms with van der Waals surface area (Å²) in [6, 6.07) is 7.92. The van der Waals surface area contributed by atoms with E-state index in [-0.39, 0.29) is 0 Å². The zero-order valence-corrected chi connectivity index (χ0v) is 10.9. The Hall–Kier alpha value is -1.35. The van der Waals surface area contributed by atoms with E-state index in [0.717, 1.165) is 30.8 Å². The highest BCUT2D eigenvalue weighted by Crippen LogP contribution is 2.22. The summed E-state index contributed by atoms with van der Waals surface area (Å²) < 4.78 is 0. The van der Waals surface area contributed by atoms with Gasteiger partial charge in [-0.3, -0.25) is 9.69 Å². The van der Waals surface area contributed by atoms with Crippen LogP contribution in [0.5, 0.6) is 0 Å². The number of carboxylic acids is 1. The minimum absolute atomic E-state index is 0.425. The predicted molar refractivity (Wildman–Crippen MR) is 71.6 cm³/mol. The van der Waals surface area contributed by atoms with Crippen LogP contribution in [0.15, 0.2) is 24.3 Å². The topological polar surface area (TPSA) is 40.5 Å². The number of piperidine rings is 1. The molecule has 1 saturated heterocycles. The Kier molecular flexibility index (Phi) is 4.37. The Morgan fingerprint density at radius 1 is 1.28 bits per heavy atom. The normalized spacial score (nSPS) is 18.5. The third-order valence-corrected chi connectivity index (χ3v) is 3.73. The minimum Gasteiger partial charge on any atom is -0.481 e. The van der Waals surface area contributed by atoms with E-state index in [0.29, 0.717) is 0 Å². The molecular weight excluding hydrogens is 226 g/mol. The van der Waals surface area contributed by atoms with Gasteiger partial charge in [0.1, 0.15) is 0 Å². The molecule has 3 heteroatoms. The molecule has 1 heterocycles. The molecule has 1 aromatic rings. The van der Waals surface area contributed by atoms with Gasteiger partial charge in [0, 0.05) is 6.54 Å². The van der Waals surface area contributed by atoms with Crippen molar-refractivity contribution in [2.45, 2.75) is 38.6 Å². The molecule has 0 bridgehead atoms. The molecule has 1 unspecified atom stereocenters.